The van der Waals surface area contributed by atoms with E-state index in [0.29, 0.717) is 0 Å². The van der Waals surface area contributed by atoms with E-state index in [-0.39, 0.29) is 6.41 Å². The Bertz CT molecular complexity index is 343. The first-order valence-corrected chi connectivity index (χ1v) is 8.37. The molecule has 136 valence electrons. The van der Waals surface area contributed by atoms with Gasteiger partial charge in [-0.15, -0.1) is 0 Å². The molecule has 1 amide bonds. The third kappa shape index (κ3) is 15.0. The fraction of sp³-hybridized carbons (Fsp3) is 0.632. The zero-order valence-corrected chi connectivity index (χ0v) is 16.3. The number of amides is 1. The van der Waals surface area contributed by atoms with Crippen LogP contribution in [-0.4, -0.2) is 20.6 Å². The Morgan fingerprint density at radius 2 is 1.65 bits per heavy atom. The quantitative estimate of drug-likeness (QED) is 0.787. The summed E-state index contributed by atoms with van der Waals surface area (Å²) in [5.74, 6) is 2.55. The van der Waals surface area contributed by atoms with Gasteiger partial charge in [-0.2, -0.15) is 0 Å². The zero-order chi connectivity index (χ0) is 18.7. The molecule has 4 heteroatoms. The van der Waals surface area contributed by atoms with Crippen molar-refractivity contribution in [1.29, 1.82) is 0 Å². The third-order valence-corrected chi connectivity index (χ3v) is 2.73. The van der Waals surface area contributed by atoms with Crippen molar-refractivity contribution in [3.05, 3.63) is 23.8 Å². The number of methoxy groups -OCH3 is 2. The molecule has 4 nitrogen and oxygen atoms in total. The summed E-state index contributed by atoms with van der Waals surface area (Å²) < 4.78 is 10.4. The fourth-order valence-electron chi connectivity index (χ4n) is 1.81. The molecule has 0 radical (unpaired) electrons. The van der Waals surface area contributed by atoms with Crippen LogP contribution in [-0.2, 0) is 11.2 Å². The molecule has 0 fully saturated rings. The lowest BCUT2D eigenvalue weighted by Crippen LogP contribution is -1.94. The first kappa shape index (κ1) is 26.2. The Balaban J connectivity index is -0.000000307. The second-order valence-electron chi connectivity index (χ2n) is 4.82. The van der Waals surface area contributed by atoms with Gasteiger partial charge in [0.2, 0.25) is 6.41 Å². The molecule has 0 atom stereocenters. The van der Waals surface area contributed by atoms with Gasteiger partial charge in [-0.05, 0) is 24.0 Å². The van der Waals surface area contributed by atoms with Crippen molar-refractivity contribution >= 4 is 6.41 Å². The van der Waals surface area contributed by atoms with Crippen LogP contribution in [0.5, 0.6) is 11.5 Å². The van der Waals surface area contributed by atoms with Crippen LogP contribution in [0.25, 0.3) is 0 Å². The van der Waals surface area contributed by atoms with Gasteiger partial charge in [0.05, 0.1) is 14.2 Å². The van der Waals surface area contributed by atoms with Crippen LogP contribution in [0.3, 0.4) is 0 Å². The monoisotopic (exact) mass is 327 g/mol. The van der Waals surface area contributed by atoms with Crippen molar-refractivity contribution in [1.82, 2.24) is 0 Å². The predicted octanol–water partition coefficient (Wildman–Crippen LogP) is 4.84. The van der Waals surface area contributed by atoms with Gasteiger partial charge in [0.15, 0.2) is 11.5 Å². The van der Waals surface area contributed by atoms with Crippen LogP contribution in [0.4, 0.5) is 0 Å². The minimum Gasteiger partial charge on any atom is -0.493 e. The van der Waals surface area contributed by atoms with Crippen LogP contribution < -0.4 is 15.2 Å². The molecule has 0 bridgehead atoms. The standard InChI is InChI=1S/C10H14O2.C6H14.C2H6.CH3NO/c1-4-8-6-5-7-9(11-2)10(8)12-3;1-4-5-6(2)3;1-2;2-1-3/h5-7H,4H2,1-3H3;6H,4-5H2,1-3H3;1-2H3;1H,(H2,2,3). The summed E-state index contributed by atoms with van der Waals surface area (Å²) in [5.41, 5.74) is 5.34. The molecule has 0 heterocycles. The molecular formula is C19H37NO3. The maximum absolute atomic E-state index is 8.58. The van der Waals surface area contributed by atoms with Gasteiger partial charge in [-0.3, -0.25) is 4.79 Å². The lowest BCUT2D eigenvalue weighted by molar-refractivity contribution is -0.106. The van der Waals surface area contributed by atoms with E-state index in [4.69, 9.17) is 14.3 Å². The number of aryl methyl sites for hydroxylation is 1. The highest BCUT2D eigenvalue weighted by Gasteiger charge is 2.06. The van der Waals surface area contributed by atoms with Gasteiger partial charge in [0.1, 0.15) is 0 Å². The topological polar surface area (TPSA) is 61.6 Å². The Labute approximate surface area is 143 Å². The molecule has 2 N–H and O–H groups in total. The Morgan fingerprint density at radius 3 is 1.91 bits per heavy atom. The van der Waals surface area contributed by atoms with Crippen molar-refractivity contribution in [3.8, 4) is 11.5 Å². The normalized spacial score (nSPS) is 8.39. The SMILES string of the molecule is CC.CCCC(C)C.CCc1cccc(OC)c1OC.NC=O. The van der Waals surface area contributed by atoms with E-state index in [1.54, 1.807) is 14.2 Å². The summed E-state index contributed by atoms with van der Waals surface area (Å²) in [6, 6.07) is 5.92. The van der Waals surface area contributed by atoms with E-state index in [1.807, 2.05) is 32.0 Å². The number of hydrogen-bond acceptors (Lipinski definition) is 3. The van der Waals surface area contributed by atoms with Crippen LogP contribution in [0.2, 0.25) is 0 Å². The van der Waals surface area contributed by atoms with Gasteiger partial charge in [-0.1, -0.05) is 66.5 Å². The summed E-state index contributed by atoms with van der Waals surface area (Å²) >= 11 is 0. The third-order valence-electron chi connectivity index (χ3n) is 2.73. The number of carbonyl (C=O) groups is 1. The van der Waals surface area contributed by atoms with E-state index in [9.17, 15) is 0 Å². The van der Waals surface area contributed by atoms with Gasteiger partial charge in [-0.25, -0.2) is 0 Å². The Hall–Kier alpha value is -1.71. The molecule has 0 saturated carbocycles. The minimum absolute atomic E-state index is 0.250. The van der Waals surface area contributed by atoms with Crippen molar-refractivity contribution in [2.24, 2.45) is 11.7 Å². The highest BCUT2D eigenvalue weighted by atomic mass is 16.5. The lowest BCUT2D eigenvalue weighted by atomic mass is 10.1. The predicted molar refractivity (Wildman–Crippen MR) is 100 cm³/mol. The van der Waals surface area contributed by atoms with Crippen molar-refractivity contribution in [3.63, 3.8) is 0 Å². The number of benzene rings is 1. The summed E-state index contributed by atoms with van der Waals surface area (Å²) in [5, 5.41) is 0. The molecule has 0 aromatic heterocycles. The van der Waals surface area contributed by atoms with Crippen LogP contribution in [0.15, 0.2) is 18.2 Å². The molecule has 1 aromatic carbocycles. The summed E-state index contributed by atoms with van der Waals surface area (Å²) in [4.78, 5) is 8.58. The average Bonchev–Trinajstić information content (AvgIpc) is 2.56. The number of para-hydroxylation sites is 1. The number of hydrogen-bond donors (Lipinski definition) is 1. The molecule has 1 rings (SSSR count). The number of rotatable bonds is 5. The van der Waals surface area contributed by atoms with Gasteiger partial charge in [0, 0.05) is 0 Å². The first-order valence-electron chi connectivity index (χ1n) is 8.37. The zero-order valence-electron chi connectivity index (χ0n) is 16.3. The molecule has 0 spiro atoms. The number of nitrogens with two attached hydrogens (primary N) is 1. The smallest absolute Gasteiger partial charge is 0.204 e. The highest BCUT2D eigenvalue weighted by Crippen LogP contribution is 2.30. The molecule has 0 saturated heterocycles. The Kier molecular flexibility index (Phi) is 23.1. The van der Waals surface area contributed by atoms with Crippen LogP contribution in [0.1, 0.15) is 59.9 Å². The summed E-state index contributed by atoms with van der Waals surface area (Å²) in [7, 11) is 3.31. The van der Waals surface area contributed by atoms with Crippen molar-refractivity contribution < 1.29 is 14.3 Å². The lowest BCUT2D eigenvalue weighted by Gasteiger charge is -2.10. The highest BCUT2D eigenvalue weighted by molar-refractivity contribution is 5.46. The van der Waals surface area contributed by atoms with Crippen LogP contribution in [0, 0.1) is 5.92 Å². The van der Waals surface area contributed by atoms with E-state index in [2.05, 4.69) is 33.4 Å². The van der Waals surface area contributed by atoms with Crippen molar-refractivity contribution in [2.45, 2.75) is 60.8 Å². The maximum Gasteiger partial charge on any atom is 0.204 e. The molecule has 0 aliphatic rings. The molecule has 1 aromatic rings. The summed E-state index contributed by atoms with van der Waals surface area (Å²) in [6.45, 7) is 12.8. The fourth-order valence-corrected chi connectivity index (χ4v) is 1.81. The van der Waals surface area contributed by atoms with E-state index < -0.39 is 0 Å². The number of carbonyl (C=O) groups excluding carboxylic acids is 1. The van der Waals surface area contributed by atoms with Gasteiger partial charge >= 0.3 is 0 Å². The molecular weight excluding hydrogens is 290 g/mol. The van der Waals surface area contributed by atoms with E-state index in [1.165, 1.54) is 18.4 Å². The molecule has 0 aliphatic carbocycles. The van der Waals surface area contributed by atoms with Gasteiger partial charge in [0.25, 0.3) is 0 Å². The first-order chi connectivity index (χ1) is 11.0. The number of primary amides is 1. The van der Waals surface area contributed by atoms with E-state index in [0.717, 1.165) is 23.8 Å². The number of ether oxygens (including phenoxy) is 2. The maximum atomic E-state index is 8.58. The summed E-state index contributed by atoms with van der Waals surface area (Å²) in [6.07, 6.45) is 3.91. The largest absolute Gasteiger partial charge is 0.493 e. The van der Waals surface area contributed by atoms with Crippen molar-refractivity contribution in [2.75, 3.05) is 14.2 Å². The molecule has 0 aliphatic heterocycles. The Morgan fingerprint density at radius 1 is 1.13 bits per heavy atom. The van der Waals surface area contributed by atoms with Gasteiger partial charge < -0.3 is 15.2 Å². The average molecular weight is 328 g/mol. The van der Waals surface area contributed by atoms with E-state index >= 15 is 0 Å². The molecule has 23 heavy (non-hydrogen) atoms. The van der Waals surface area contributed by atoms with Crippen LogP contribution >= 0.6 is 0 Å². The minimum atomic E-state index is 0.250. The molecule has 0 unspecified atom stereocenters. The second-order valence-corrected chi connectivity index (χ2v) is 4.82. The second kappa shape index (κ2) is 20.3.